The molecule has 2 aliphatic heterocycles. The summed E-state index contributed by atoms with van der Waals surface area (Å²) in [5.74, 6) is 4.31. The molecule has 1 aromatic rings. The van der Waals surface area contributed by atoms with E-state index in [1.54, 1.807) is 0 Å². The van der Waals surface area contributed by atoms with E-state index in [1.807, 2.05) is 19.6 Å². The Morgan fingerprint density at radius 2 is 2.00 bits per heavy atom. The van der Waals surface area contributed by atoms with Gasteiger partial charge in [0.1, 0.15) is 0 Å². The number of thioether (sulfide) groups is 1. The fraction of sp³-hybridized carbons (Fsp3) is 0.818. The molecule has 1 saturated carbocycles. The fourth-order valence-corrected chi connectivity index (χ4v) is 6.43. The number of imidazole rings is 1. The molecule has 7 heteroatoms. The van der Waals surface area contributed by atoms with Gasteiger partial charge >= 0.3 is 0 Å². The molecule has 0 radical (unpaired) electrons. The number of piperidine rings is 1. The van der Waals surface area contributed by atoms with Crippen molar-refractivity contribution in [3.8, 4) is 0 Å². The smallest absolute Gasteiger partial charge is 0.193 e. The molecular weight excluding hydrogens is 380 g/mol. The Morgan fingerprint density at radius 3 is 2.69 bits per heavy atom. The minimum atomic E-state index is 0.321. The van der Waals surface area contributed by atoms with Gasteiger partial charge in [0.15, 0.2) is 5.96 Å². The number of aromatic nitrogens is 2. The van der Waals surface area contributed by atoms with E-state index in [4.69, 9.17) is 4.99 Å². The predicted octanol–water partition coefficient (Wildman–Crippen LogP) is 3.09. The van der Waals surface area contributed by atoms with Gasteiger partial charge in [0, 0.05) is 69.2 Å². The van der Waals surface area contributed by atoms with Gasteiger partial charge in [-0.3, -0.25) is 9.89 Å². The van der Waals surface area contributed by atoms with Crippen LogP contribution in [0.15, 0.2) is 23.7 Å². The molecule has 1 aromatic heterocycles. The molecular formula is C22H38N6S. The van der Waals surface area contributed by atoms with Gasteiger partial charge in [-0.25, -0.2) is 4.98 Å². The van der Waals surface area contributed by atoms with Gasteiger partial charge in [-0.05, 0) is 25.2 Å². The van der Waals surface area contributed by atoms with E-state index in [1.165, 1.54) is 63.1 Å². The Balaban J connectivity index is 1.42. The van der Waals surface area contributed by atoms with E-state index in [0.717, 1.165) is 25.6 Å². The standard InChI is InChI=1S/C22H38N6S/c1-19-6-10-26(16-20(19)27-11-9-24-18-27)21(23-2)25-17-22(7-4-3-5-8-22)28-12-14-29-15-13-28/h9,11,18-20H,3-8,10,12-17H2,1-2H3,(H,23,25). The van der Waals surface area contributed by atoms with Crippen LogP contribution in [0.3, 0.4) is 0 Å². The first-order valence-corrected chi connectivity index (χ1v) is 12.6. The molecule has 0 amide bonds. The molecule has 162 valence electrons. The second-order valence-electron chi connectivity index (χ2n) is 9.07. The minimum absolute atomic E-state index is 0.321. The van der Waals surface area contributed by atoms with Crippen molar-refractivity contribution in [1.82, 2.24) is 24.7 Å². The van der Waals surface area contributed by atoms with Crippen LogP contribution in [0.1, 0.15) is 51.5 Å². The van der Waals surface area contributed by atoms with Crippen molar-refractivity contribution in [3.05, 3.63) is 18.7 Å². The van der Waals surface area contributed by atoms with E-state index in [9.17, 15) is 0 Å². The molecule has 2 atom stereocenters. The Labute approximate surface area is 180 Å². The maximum Gasteiger partial charge on any atom is 0.193 e. The van der Waals surface area contributed by atoms with E-state index in [2.05, 4.69) is 49.6 Å². The topological polar surface area (TPSA) is 48.7 Å². The van der Waals surface area contributed by atoms with Gasteiger partial charge in [0.2, 0.25) is 0 Å². The summed E-state index contributed by atoms with van der Waals surface area (Å²) in [4.78, 5) is 14.2. The van der Waals surface area contributed by atoms with Gasteiger partial charge in [-0.1, -0.05) is 26.2 Å². The number of aliphatic imine (C=N–C) groups is 1. The highest BCUT2D eigenvalue weighted by Gasteiger charge is 2.39. The summed E-state index contributed by atoms with van der Waals surface area (Å²) in [6.45, 7) is 7.98. The molecule has 0 spiro atoms. The molecule has 4 rings (SSSR count). The third kappa shape index (κ3) is 4.76. The van der Waals surface area contributed by atoms with Crippen molar-refractivity contribution < 1.29 is 0 Å². The summed E-state index contributed by atoms with van der Waals surface area (Å²) < 4.78 is 2.28. The Kier molecular flexibility index (Phi) is 7.06. The lowest BCUT2D eigenvalue weighted by molar-refractivity contribution is 0.0615. The monoisotopic (exact) mass is 418 g/mol. The van der Waals surface area contributed by atoms with E-state index < -0.39 is 0 Å². The predicted molar refractivity (Wildman–Crippen MR) is 123 cm³/mol. The third-order valence-corrected chi connectivity index (χ3v) is 8.32. The van der Waals surface area contributed by atoms with Crippen LogP contribution in [0.2, 0.25) is 0 Å². The van der Waals surface area contributed by atoms with Gasteiger partial charge in [0.25, 0.3) is 0 Å². The summed E-state index contributed by atoms with van der Waals surface area (Å²) in [6.07, 6.45) is 13.9. The highest BCUT2D eigenvalue weighted by Crippen LogP contribution is 2.35. The summed E-state index contributed by atoms with van der Waals surface area (Å²) in [5, 5.41) is 3.83. The molecule has 1 N–H and O–H groups in total. The van der Waals surface area contributed by atoms with Gasteiger partial charge in [-0.2, -0.15) is 11.8 Å². The van der Waals surface area contributed by atoms with Gasteiger partial charge in [-0.15, -0.1) is 0 Å². The molecule has 3 fully saturated rings. The fourth-order valence-electron chi connectivity index (χ4n) is 5.52. The van der Waals surface area contributed by atoms with Crippen LogP contribution < -0.4 is 5.32 Å². The molecule has 1 aliphatic carbocycles. The Hall–Kier alpha value is -1.21. The highest BCUT2D eigenvalue weighted by molar-refractivity contribution is 7.99. The number of nitrogens with zero attached hydrogens (tertiary/aromatic N) is 5. The first-order chi connectivity index (χ1) is 14.2. The minimum Gasteiger partial charge on any atom is -0.354 e. The van der Waals surface area contributed by atoms with Crippen LogP contribution in [0.5, 0.6) is 0 Å². The average molecular weight is 419 g/mol. The molecule has 29 heavy (non-hydrogen) atoms. The second kappa shape index (κ2) is 9.73. The van der Waals surface area contributed by atoms with Gasteiger partial charge in [0.05, 0.1) is 12.4 Å². The van der Waals surface area contributed by atoms with Gasteiger partial charge < -0.3 is 14.8 Å². The van der Waals surface area contributed by atoms with Crippen LogP contribution in [0, 0.1) is 5.92 Å². The number of likely N-dealkylation sites (tertiary alicyclic amines) is 1. The van der Waals surface area contributed by atoms with Crippen molar-refractivity contribution >= 4 is 17.7 Å². The molecule has 0 aromatic carbocycles. The number of guanidine groups is 1. The number of nitrogens with one attached hydrogen (secondary N) is 1. The van der Waals surface area contributed by atoms with Crippen LogP contribution in [0.4, 0.5) is 0 Å². The summed E-state index contributed by atoms with van der Waals surface area (Å²) in [6, 6.07) is 0.465. The summed E-state index contributed by atoms with van der Waals surface area (Å²) >= 11 is 2.11. The molecule has 2 saturated heterocycles. The van der Waals surface area contributed by atoms with Crippen molar-refractivity contribution in [2.24, 2.45) is 10.9 Å². The molecule has 2 unspecified atom stereocenters. The van der Waals surface area contributed by atoms with E-state index >= 15 is 0 Å². The Morgan fingerprint density at radius 1 is 1.21 bits per heavy atom. The third-order valence-electron chi connectivity index (χ3n) is 7.38. The summed E-state index contributed by atoms with van der Waals surface area (Å²) in [7, 11) is 1.94. The molecule has 6 nitrogen and oxygen atoms in total. The zero-order chi connectivity index (χ0) is 20.1. The lowest BCUT2D eigenvalue weighted by Crippen LogP contribution is -2.60. The van der Waals surface area contributed by atoms with Crippen molar-refractivity contribution in [2.75, 3.05) is 51.3 Å². The maximum absolute atomic E-state index is 4.70. The zero-order valence-electron chi connectivity index (χ0n) is 18.2. The lowest BCUT2D eigenvalue weighted by Gasteiger charge is -2.49. The molecule has 3 aliphatic rings. The second-order valence-corrected chi connectivity index (χ2v) is 10.3. The number of rotatable bonds is 4. The first-order valence-electron chi connectivity index (χ1n) is 11.5. The Bertz CT molecular complexity index is 648. The number of hydrogen-bond acceptors (Lipinski definition) is 4. The SMILES string of the molecule is CN=C(NCC1(N2CCSCC2)CCCCC1)N1CCC(C)C(n2ccnc2)C1. The van der Waals surface area contributed by atoms with Crippen LogP contribution >= 0.6 is 11.8 Å². The first kappa shape index (κ1) is 21.0. The van der Waals surface area contributed by atoms with Crippen LogP contribution in [-0.2, 0) is 0 Å². The quantitative estimate of drug-likeness (QED) is 0.601. The maximum atomic E-state index is 4.70. The van der Waals surface area contributed by atoms with E-state index in [-0.39, 0.29) is 0 Å². The van der Waals surface area contributed by atoms with Crippen molar-refractivity contribution in [1.29, 1.82) is 0 Å². The van der Waals surface area contributed by atoms with Crippen LogP contribution in [0.25, 0.3) is 0 Å². The number of hydrogen-bond donors (Lipinski definition) is 1. The zero-order valence-corrected chi connectivity index (χ0v) is 19.0. The highest BCUT2D eigenvalue weighted by atomic mass is 32.2. The lowest BCUT2D eigenvalue weighted by atomic mass is 9.80. The van der Waals surface area contributed by atoms with Crippen LogP contribution in [-0.4, -0.2) is 82.1 Å². The van der Waals surface area contributed by atoms with Crippen molar-refractivity contribution in [3.63, 3.8) is 0 Å². The normalized spacial score (nSPS) is 29.0. The van der Waals surface area contributed by atoms with Crippen molar-refractivity contribution in [2.45, 2.75) is 57.0 Å². The average Bonchev–Trinajstić information content (AvgIpc) is 3.31. The largest absolute Gasteiger partial charge is 0.354 e. The van der Waals surface area contributed by atoms with E-state index in [0.29, 0.717) is 17.5 Å². The molecule has 3 heterocycles. The summed E-state index contributed by atoms with van der Waals surface area (Å²) in [5.41, 5.74) is 0.321. The molecule has 0 bridgehead atoms.